The normalized spacial score (nSPS) is 18.5. The molecule has 1 atom stereocenters. The fourth-order valence-electron chi connectivity index (χ4n) is 2.34. The molecule has 0 spiro atoms. The molecule has 1 heterocycles. The number of nitrogens with one attached hydrogen (secondary N) is 1. The van der Waals surface area contributed by atoms with Crippen LogP contribution in [0.4, 0.5) is 10.5 Å². The van der Waals surface area contributed by atoms with Gasteiger partial charge >= 0.3 is 6.03 Å². The molecule has 1 aliphatic heterocycles. The zero-order valence-corrected chi connectivity index (χ0v) is 13.1. The highest BCUT2D eigenvalue weighted by atomic mass is 79.9. The van der Waals surface area contributed by atoms with Gasteiger partial charge < -0.3 is 15.0 Å². The van der Waals surface area contributed by atoms with Crippen molar-refractivity contribution in [2.24, 2.45) is 5.92 Å². The summed E-state index contributed by atoms with van der Waals surface area (Å²) in [7, 11) is 1.61. The average molecular weight is 327 g/mol. The zero-order valence-electron chi connectivity index (χ0n) is 11.5. The van der Waals surface area contributed by atoms with Crippen molar-refractivity contribution in [2.45, 2.75) is 20.3 Å². The molecule has 0 bridgehead atoms. The number of hydrogen-bond donors (Lipinski definition) is 1. The van der Waals surface area contributed by atoms with Crippen LogP contribution in [0, 0.1) is 12.8 Å². The van der Waals surface area contributed by atoms with Gasteiger partial charge in [0.15, 0.2) is 0 Å². The summed E-state index contributed by atoms with van der Waals surface area (Å²) in [5.74, 6) is 1.26. The van der Waals surface area contributed by atoms with E-state index >= 15 is 0 Å². The lowest BCUT2D eigenvalue weighted by atomic mass is 10.2. The molecule has 0 aromatic heterocycles. The topological polar surface area (TPSA) is 41.6 Å². The first-order valence-electron chi connectivity index (χ1n) is 6.41. The number of benzene rings is 1. The second-order valence-electron chi connectivity index (χ2n) is 5.07. The minimum atomic E-state index is -0.0481. The molecule has 0 saturated carbocycles. The van der Waals surface area contributed by atoms with E-state index < -0.39 is 0 Å². The third-order valence-corrected chi connectivity index (χ3v) is 3.88. The second kappa shape index (κ2) is 5.82. The van der Waals surface area contributed by atoms with Crippen LogP contribution in [0.3, 0.4) is 0 Å². The smallest absolute Gasteiger partial charge is 0.321 e. The lowest BCUT2D eigenvalue weighted by Crippen LogP contribution is -2.33. The van der Waals surface area contributed by atoms with E-state index in [0.29, 0.717) is 11.7 Å². The summed E-state index contributed by atoms with van der Waals surface area (Å²) in [4.78, 5) is 14.1. The number of urea groups is 1. The number of aryl methyl sites for hydroxylation is 1. The highest BCUT2D eigenvalue weighted by Gasteiger charge is 2.24. The number of carbonyl (C=O) groups excluding carboxylic acids is 1. The van der Waals surface area contributed by atoms with Gasteiger partial charge in [-0.3, -0.25) is 0 Å². The van der Waals surface area contributed by atoms with E-state index in [4.69, 9.17) is 4.74 Å². The number of nitrogens with zero attached hydrogens (tertiary/aromatic N) is 1. The van der Waals surface area contributed by atoms with Crippen molar-refractivity contribution in [1.82, 2.24) is 4.90 Å². The summed E-state index contributed by atoms with van der Waals surface area (Å²) in [6, 6.07) is 3.77. The predicted molar refractivity (Wildman–Crippen MR) is 79.8 cm³/mol. The van der Waals surface area contributed by atoms with E-state index in [0.717, 1.165) is 35.2 Å². The van der Waals surface area contributed by atoms with Crippen molar-refractivity contribution in [1.29, 1.82) is 0 Å². The van der Waals surface area contributed by atoms with E-state index in [1.165, 1.54) is 0 Å². The molecule has 1 aliphatic rings. The van der Waals surface area contributed by atoms with Gasteiger partial charge in [0.05, 0.1) is 12.8 Å². The first kappa shape index (κ1) is 14.2. The van der Waals surface area contributed by atoms with Crippen LogP contribution in [0.1, 0.15) is 18.9 Å². The number of carbonyl (C=O) groups is 1. The van der Waals surface area contributed by atoms with Crippen LogP contribution in [0.15, 0.2) is 16.6 Å². The molecular formula is C14H19BrN2O2. The molecule has 1 aromatic rings. The van der Waals surface area contributed by atoms with Gasteiger partial charge in [-0.05, 0) is 37.0 Å². The third-order valence-electron chi connectivity index (χ3n) is 3.43. The van der Waals surface area contributed by atoms with Gasteiger partial charge in [0.1, 0.15) is 5.75 Å². The van der Waals surface area contributed by atoms with Crippen molar-refractivity contribution < 1.29 is 9.53 Å². The van der Waals surface area contributed by atoms with Crippen molar-refractivity contribution in [3.63, 3.8) is 0 Å². The Balaban J connectivity index is 2.16. The van der Waals surface area contributed by atoms with Crippen molar-refractivity contribution in [3.05, 3.63) is 22.2 Å². The number of likely N-dealkylation sites (tertiary alicyclic amines) is 1. The maximum Gasteiger partial charge on any atom is 0.321 e. The highest BCUT2D eigenvalue weighted by molar-refractivity contribution is 9.10. The minimum Gasteiger partial charge on any atom is -0.495 e. The summed E-state index contributed by atoms with van der Waals surface area (Å²) in [5, 5.41) is 2.96. The SMILES string of the molecule is COc1cc(Br)cc(C)c1NC(=O)N1CC[C@@H](C)C1. The summed E-state index contributed by atoms with van der Waals surface area (Å²) in [5.41, 5.74) is 1.72. The first-order chi connectivity index (χ1) is 9.01. The van der Waals surface area contributed by atoms with E-state index in [1.807, 2.05) is 24.0 Å². The minimum absolute atomic E-state index is 0.0481. The molecule has 0 unspecified atom stereocenters. The molecule has 1 fully saturated rings. The van der Waals surface area contributed by atoms with Crippen LogP contribution in [0.5, 0.6) is 5.75 Å². The quantitative estimate of drug-likeness (QED) is 0.901. The van der Waals surface area contributed by atoms with Gasteiger partial charge in [0, 0.05) is 17.6 Å². The molecule has 1 aromatic carbocycles. The van der Waals surface area contributed by atoms with Crippen LogP contribution < -0.4 is 10.1 Å². The molecule has 19 heavy (non-hydrogen) atoms. The number of halogens is 1. The molecule has 0 aliphatic carbocycles. The molecule has 104 valence electrons. The number of rotatable bonds is 2. The van der Waals surface area contributed by atoms with Crippen LogP contribution >= 0.6 is 15.9 Å². The third kappa shape index (κ3) is 3.21. The standard InChI is InChI=1S/C14H19BrN2O2/c1-9-4-5-17(8-9)14(18)16-13-10(2)6-11(15)7-12(13)19-3/h6-7,9H,4-5,8H2,1-3H3,(H,16,18)/t9-/m1/s1. The van der Waals surface area contributed by atoms with Crippen LogP contribution in [-0.4, -0.2) is 31.1 Å². The van der Waals surface area contributed by atoms with Gasteiger partial charge in [0.2, 0.25) is 0 Å². The molecule has 1 N–H and O–H groups in total. The largest absolute Gasteiger partial charge is 0.495 e. The molecule has 5 heteroatoms. The van der Waals surface area contributed by atoms with Gasteiger partial charge in [-0.1, -0.05) is 22.9 Å². The van der Waals surface area contributed by atoms with Gasteiger partial charge in [-0.25, -0.2) is 4.79 Å². The van der Waals surface area contributed by atoms with Crippen molar-refractivity contribution >= 4 is 27.6 Å². The highest BCUT2D eigenvalue weighted by Crippen LogP contribution is 2.32. The molecule has 2 amide bonds. The Hall–Kier alpha value is -1.23. The Morgan fingerprint density at radius 2 is 2.26 bits per heavy atom. The summed E-state index contributed by atoms with van der Waals surface area (Å²) in [6.45, 7) is 5.77. The maximum absolute atomic E-state index is 12.2. The van der Waals surface area contributed by atoms with Crippen molar-refractivity contribution in [3.8, 4) is 5.75 Å². The fourth-order valence-corrected chi connectivity index (χ4v) is 2.89. The Bertz CT molecular complexity index is 491. The lowest BCUT2D eigenvalue weighted by Gasteiger charge is -2.19. The van der Waals surface area contributed by atoms with Crippen LogP contribution in [0.25, 0.3) is 0 Å². The van der Waals surface area contributed by atoms with E-state index in [2.05, 4.69) is 28.2 Å². The first-order valence-corrected chi connectivity index (χ1v) is 7.20. The number of hydrogen-bond acceptors (Lipinski definition) is 2. The monoisotopic (exact) mass is 326 g/mol. The molecular weight excluding hydrogens is 308 g/mol. The van der Waals surface area contributed by atoms with E-state index in [9.17, 15) is 4.79 Å². The Labute approximate surface area is 122 Å². The Kier molecular flexibility index (Phi) is 4.34. The average Bonchev–Trinajstić information content (AvgIpc) is 2.78. The fraction of sp³-hybridized carbons (Fsp3) is 0.500. The number of amides is 2. The molecule has 0 radical (unpaired) electrons. The maximum atomic E-state index is 12.2. The lowest BCUT2D eigenvalue weighted by molar-refractivity contribution is 0.221. The van der Waals surface area contributed by atoms with Crippen LogP contribution in [-0.2, 0) is 0 Å². The predicted octanol–water partition coefficient (Wildman–Crippen LogP) is 3.64. The van der Waals surface area contributed by atoms with E-state index in [1.54, 1.807) is 7.11 Å². The van der Waals surface area contributed by atoms with Crippen molar-refractivity contribution in [2.75, 3.05) is 25.5 Å². The zero-order chi connectivity index (χ0) is 14.0. The number of anilines is 1. The van der Waals surface area contributed by atoms with Crippen LogP contribution in [0.2, 0.25) is 0 Å². The summed E-state index contributed by atoms with van der Waals surface area (Å²) >= 11 is 3.43. The second-order valence-corrected chi connectivity index (χ2v) is 5.99. The molecule has 2 rings (SSSR count). The molecule has 1 saturated heterocycles. The van der Waals surface area contributed by atoms with E-state index in [-0.39, 0.29) is 6.03 Å². The Morgan fingerprint density at radius 1 is 1.53 bits per heavy atom. The van der Waals surface area contributed by atoms with Gasteiger partial charge in [-0.15, -0.1) is 0 Å². The number of ether oxygens (including phenoxy) is 1. The van der Waals surface area contributed by atoms with Gasteiger partial charge in [-0.2, -0.15) is 0 Å². The van der Waals surface area contributed by atoms with Gasteiger partial charge in [0.25, 0.3) is 0 Å². The number of methoxy groups -OCH3 is 1. The summed E-state index contributed by atoms with van der Waals surface area (Å²) in [6.07, 6.45) is 1.07. The Morgan fingerprint density at radius 3 is 2.84 bits per heavy atom. The summed E-state index contributed by atoms with van der Waals surface area (Å²) < 4.78 is 6.27. The molecule has 4 nitrogen and oxygen atoms in total.